The van der Waals surface area contributed by atoms with Gasteiger partial charge in [0.05, 0.1) is 5.56 Å². The highest BCUT2D eigenvalue weighted by atomic mass is 79.9. The van der Waals surface area contributed by atoms with Crippen LogP contribution in [-0.4, -0.2) is 18.0 Å². The lowest BCUT2D eigenvalue weighted by molar-refractivity contribution is -0.123. The minimum atomic E-state index is -0.888. The molecule has 1 amide bonds. The lowest BCUT2D eigenvalue weighted by atomic mass is 10.0. The summed E-state index contributed by atoms with van der Waals surface area (Å²) in [5.41, 5.74) is 3.36. The van der Waals surface area contributed by atoms with Crippen molar-refractivity contribution in [3.05, 3.63) is 63.6 Å². The van der Waals surface area contributed by atoms with E-state index in [-0.39, 0.29) is 5.91 Å². The number of halogens is 1. The molecule has 132 valence electrons. The van der Waals surface area contributed by atoms with Gasteiger partial charge in [-0.25, -0.2) is 4.79 Å². The maximum atomic E-state index is 12.5. The molecule has 2 aromatic carbocycles. The van der Waals surface area contributed by atoms with Crippen molar-refractivity contribution in [2.24, 2.45) is 0 Å². The van der Waals surface area contributed by atoms with Crippen LogP contribution in [-0.2, 0) is 22.4 Å². The first-order chi connectivity index (χ1) is 12.0. The summed E-state index contributed by atoms with van der Waals surface area (Å²) in [7, 11) is 0. The molecule has 4 nitrogen and oxygen atoms in total. The fourth-order valence-corrected chi connectivity index (χ4v) is 2.92. The van der Waals surface area contributed by atoms with Gasteiger partial charge in [-0.2, -0.15) is 0 Å². The van der Waals surface area contributed by atoms with Crippen molar-refractivity contribution in [2.75, 3.05) is 5.32 Å². The topological polar surface area (TPSA) is 55.4 Å². The molecule has 0 saturated heterocycles. The number of benzene rings is 2. The third kappa shape index (κ3) is 4.92. The fraction of sp³-hybridized carbons (Fsp3) is 0.300. The van der Waals surface area contributed by atoms with Crippen LogP contribution in [0.2, 0.25) is 0 Å². The number of anilines is 1. The summed E-state index contributed by atoms with van der Waals surface area (Å²) < 4.78 is 6.08. The number of carbonyl (C=O) groups excluding carboxylic acids is 2. The number of para-hydroxylation sites is 1. The van der Waals surface area contributed by atoms with Crippen molar-refractivity contribution in [3.63, 3.8) is 0 Å². The second-order valence-electron chi connectivity index (χ2n) is 5.71. The van der Waals surface area contributed by atoms with Crippen LogP contribution >= 0.6 is 15.9 Å². The molecule has 0 aliphatic rings. The average Bonchev–Trinajstić information content (AvgIpc) is 2.61. The summed E-state index contributed by atoms with van der Waals surface area (Å²) >= 11 is 3.31. The number of amides is 1. The van der Waals surface area contributed by atoms with Crippen LogP contribution in [0.25, 0.3) is 0 Å². The summed E-state index contributed by atoms with van der Waals surface area (Å²) in [6.07, 6.45) is 0.742. The molecule has 0 aliphatic carbocycles. The van der Waals surface area contributed by atoms with Gasteiger partial charge in [-0.1, -0.05) is 54.0 Å². The Morgan fingerprint density at radius 1 is 1.08 bits per heavy atom. The standard InChI is InChI=1S/C20H22BrNO3/c1-4-14-8-6-9-15(5-2)18(14)22-19(23)13(3)25-20(24)16-10-7-11-17(21)12-16/h6-13H,4-5H2,1-3H3,(H,22,23)/t13-/m0/s1. The number of carbonyl (C=O) groups is 2. The van der Waals surface area contributed by atoms with Crippen molar-refractivity contribution >= 4 is 33.5 Å². The smallest absolute Gasteiger partial charge is 0.338 e. The molecule has 1 N–H and O–H groups in total. The minimum absolute atomic E-state index is 0.334. The van der Waals surface area contributed by atoms with Gasteiger partial charge in [-0.05, 0) is 49.1 Å². The number of hydrogen-bond acceptors (Lipinski definition) is 3. The molecule has 0 heterocycles. The number of rotatable bonds is 6. The number of hydrogen-bond donors (Lipinski definition) is 1. The Morgan fingerprint density at radius 3 is 2.24 bits per heavy atom. The predicted molar refractivity (Wildman–Crippen MR) is 103 cm³/mol. The van der Waals surface area contributed by atoms with Gasteiger partial charge in [-0.3, -0.25) is 4.79 Å². The second kappa shape index (κ2) is 8.81. The zero-order valence-electron chi connectivity index (χ0n) is 14.6. The molecule has 0 spiro atoms. The zero-order valence-corrected chi connectivity index (χ0v) is 16.2. The van der Waals surface area contributed by atoms with Gasteiger partial charge in [0.1, 0.15) is 0 Å². The third-order valence-electron chi connectivity index (χ3n) is 3.96. The van der Waals surface area contributed by atoms with Crippen LogP contribution in [0, 0.1) is 0 Å². The van der Waals surface area contributed by atoms with Gasteiger partial charge in [0.2, 0.25) is 0 Å². The molecule has 25 heavy (non-hydrogen) atoms. The Balaban J connectivity index is 2.10. The molecule has 0 aromatic heterocycles. The Hall–Kier alpha value is -2.14. The maximum absolute atomic E-state index is 12.5. The molecular formula is C20H22BrNO3. The monoisotopic (exact) mass is 403 g/mol. The summed E-state index contributed by atoms with van der Waals surface area (Å²) in [5.74, 6) is -0.859. The highest BCUT2D eigenvalue weighted by Gasteiger charge is 2.20. The van der Waals surface area contributed by atoms with Crippen LogP contribution in [0.3, 0.4) is 0 Å². The summed E-state index contributed by atoms with van der Waals surface area (Å²) in [5, 5.41) is 2.92. The summed E-state index contributed by atoms with van der Waals surface area (Å²) in [6.45, 7) is 5.66. The second-order valence-corrected chi connectivity index (χ2v) is 6.62. The SMILES string of the molecule is CCc1cccc(CC)c1NC(=O)[C@H](C)OC(=O)c1cccc(Br)c1. The van der Waals surface area contributed by atoms with E-state index in [2.05, 4.69) is 21.2 Å². The van der Waals surface area contributed by atoms with E-state index >= 15 is 0 Å². The highest BCUT2D eigenvalue weighted by Crippen LogP contribution is 2.23. The Bertz CT molecular complexity index is 751. The van der Waals surface area contributed by atoms with Crippen molar-refractivity contribution in [3.8, 4) is 0 Å². The van der Waals surface area contributed by atoms with E-state index in [1.807, 2.05) is 38.1 Å². The molecule has 0 saturated carbocycles. The lowest BCUT2D eigenvalue weighted by Gasteiger charge is -2.18. The molecular weight excluding hydrogens is 382 g/mol. The van der Waals surface area contributed by atoms with E-state index in [4.69, 9.17) is 4.74 Å². The van der Waals surface area contributed by atoms with Crippen LogP contribution in [0.4, 0.5) is 5.69 Å². The van der Waals surface area contributed by atoms with Crippen molar-refractivity contribution in [2.45, 2.75) is 39.7 Å². The molecule has 5 heteroatoms. The van der Waals surface area contributed by atoms with Gasteiger partial charge in [0, 0.05) is 10.2 Å². The van der Waals surface area contributed by atoms with Gasteiger partial charge in [-0.15, -0.1) is 0 Å². The normalized spacial score (nSPS) is 11.7. The molecule has 0 aliphatic heterocycles. The molecule has 0 radical (unpaired) electrons. The zero-order chi connectivity index (χ0) is 18.4. The van der Waals surface area contributed by atoms with Crippen LogP contribution in [0.5, 0.6) is 0 Å². The van der Waals surface area contributed by atoms with E-state index in [9.17, 15) is 9.59 Å². The van der Waals surface area contributed by atoms with Crippen molar-refractivity contribution in [1.29, 1.82) is 0 Å². The summed E-state index contributed by atoms with van der Waals surface area (Å²) in [6, 6.07) is 12.9. The number of esters is 1. The van der Waals surface area contributed by atoms with Crippen LogP contribution in [0.1, 0.15) is 42.3 Å². The molecule has 2 rings (SSSR count). The Kier molecular flexibility index (Phi) is 6.76. The Morgan fingerprint density at radius 2 is 1.68 bits per heavy atom. The van der Waals surface area contributed by atoms with Crippen LogP contribution < -0.4 is 5.32 Å². The molecule has 0 unspecified atom stereocenters. The van der Waals surface area contributed by atoms with Gasteiger partial charge in [0.15, 0.2) is 6.10 Å². The average molecular weight is 404 g/mol. The van der Waals surface area contributed by atoms with E-state index in [1.165, 1.54) is 0 Å². The first kappa shape index (κ1) is 19.2. The summed E-state index contributed by atoms with van der Waals surface area (Å²) in [4.78, 5) is 24.7. The molecule has 1 atom stereocenters. The first-order valence-electron chi connectivity index (χ1n) is 8.34. The predicted octanol–water partition coefficient (Wildman–Crippen LogP) is 4.76. The lowest BCUT2D eigenvalue weighted by Crippen LogP contribution is -2.30. The van der Waals surface area contributed by atoms with E-state index in [0.717, 1.165) is 34.1 Å². The van der Waals surface area contributed by atoms with E-state index in [1.54, 1.807) is 25.1 Å². The molecule has 2 aromatic rings. The number of ether oxygens (including phenoxy) is 1. The largest absolute Gasteiger partial charge is 0.449 e. The third-order valence-corrected chi connectivity index (χ3v) is 4.45. The number of aryl methyl sites for hydroxylation is 2. The number of nitrogens with one attached hydrogen (secondary N) is 1. The van der Waals surface area contributed by atoms with Gasteiger partial charge >= 0.3 is 5.97 Å². The Labute approximate surface area is 156 Å². The first-order valence-corrected chi connectivity index (χ1v) is 9.13. The van der Waals surface area contributed by atoms with Crippen molar-refractivity contribution in [1.82, 2.24) is 0 Å². The molecule has 0 fully saturated rings. The van der Waals surface area contributed by atoms with Gasteiger partial charge < -0.3 is 10.1 Å². The van der Waals surface area contributed by atoms with Crippen molar-refractivity contribution < 1.29 is 14.3 Å². The van der Waals surface area contributed by atoms with Gasteiger partial charge in [0.25, 0.3) is 5.91 Å². The fourth-order valence-electron chi connectivity index (χ4n) is 2.53. The van der Waals surface area contributed by atoms with E-state index < -0.39 is 12.1 Å². The maximum Gasteiger partial charge on any atom is 0.338 e. The van der Waals surface area contributed by atoms with Crippen LogP contribution in [0.15, 0.2) is 46.9 Å². The minimum Gasteiger partial charge on any atom is -0.449 e. The molecule has 0 bridgehead atoms. The quantitative estimate of drug-likeness (QED) is 0.707. The van der Waals surface area contributed by atoms with E-state index in [0.29, 0.717) is 5.56 Å². The highest BCUT2D eigenvalue weighted by molar-refractivity contribution is 9.10.